The van der Waals surface area contributed by atoms with Crippen LogP contribution in [-0.4, -0.2) is 63.1 Å². The van der Waals surface area contributed by atoms with Gasteiger partial charge in [0.05, 0.1) is 39.6 Å². The minimum absolute atomic E-state index is 0.117. The van der Waals surface area contributed by atoms with E-state index in [-0.39, 0.29) is 19.6 Å². The Morgan fingerprint density at radius 1 is 0.862 bits per heavy atom. The first-order valence-corrected chi connectivity index (χ1v) is 10.5. The Morgan fingerprint density at radius 3 is 2.07 bits per heavy atom. The molecule has 7 heteroatoms. The lowest BCUT2D eigenvalue weighted by atomic mass is 10.1. The molecule has 1 N–H and O–H groups in total. The molecule has 1 rings (SSSR count). The zero-order chi connectivity index (χ0) is 21.2. The van der Waals surface area contributed by atoms with Crippen molar-refractivity contribution in [1.29, 1.82) is 0 Å². The van der Waals surface area contributed by atoms with Gasteiger partial charge in [0.2, 0.25) is 0 Å². The summed E-state index contributed by atoms with van der Waals surface area (Å²) in [4.78, 5) is 12.1. The molecule has 7 nitrogen and oxygen atoms in total. The average Bonchev–Trinajstić information content (AvgIpc) is 2.73. The predicted octanol–water partition coefficient (Wildman–Crippen LogP) is 3.90. The van der Waals surface area contributed by atoms with Gasteiger partial charge in [-0.3, -0.25) is 0 Å². The second-order valence-corrected chi connectivity index (χ2v) is 6.55. The van der Waals surface area contributed by atoms with Crippen LogP contribution in [0, 0.1) is 0 Å². The van der Waals surface area contributed by atoms with Crippen LogP contribution in [0.25, 0.3) is 0 Å². The summed E-state index contributed by atoms with van der Waals surface area (Å²) in [6.45, 7) is 7.05. The van der Waals surface area contributed by atoms with Crippen molar-refractivity contribution in [3.8, 4) is 5.75 Å². The van der Waals surface area contributed by atoms with Gasteiger partial charge in [0.15, 0.2) is 0 Å². The van der Waals surface area contributed by atoms with Crippen LogP contribution in [0.3, 0.4) is 0 Å². The van der Waals surface area contributed by atoms with Crippen LogP contribution in [0.4, 0.5) is 0 Å². The molecule has 0 fully saturated rings. The van der Waals surface area contributed by atoms with E-state index in [1.54, 1.807) is 24.3 Å². The van der Waals surface area contributed by atoms with Gasteiger partial charge in [-0.05, 0) is 25.5 Å². The number of rotatable bonds is 19. The number of hydrogen-bond donors (Lipinski definition) is 1. The van der Waals surface area contributed by atoms with Gasteiger partial charge in [-0.2, -0.15) is 0 Å². The number of benzene rings is 1. The van der Waals surface area contributed by atoms with Crippen molar-refractivity contribution in [1.82, 2.24) is 0 Å². The van der Waals surface area contributed by atoms with Gasteiger partial charge in [-0.15, -0.1) is 0 Å². The Balaban J connectivity index is 2.47. The van der Waals surface area contributed by atoms with Crippen molar-refractivity contribution in [2.24, 2.45) is 0 Å². The number of carbonyl (C=O) groups is 1. The van der Waals surface area contributed by atoms with Gasteiger partial charge in [-0.1, -0.05) is 44.4 Å². The Hall–Kier alpha value is -1.67. The highest BCUT2D eigenvalue weighted by Crippen LogP contribution is 2.26. The normalized spacial score (nSPS) is 13.2. The Kier molecular flexibility index (Phi) is 14.1. The van der Waals surface area contributed by atoms with E-state index in [1.165, 1.54) is 0 Å². The van der Waals surface area contributed by atoms with Crippen molar-refractivity contribution < 1.29 is 33.6 Å². The molecule has 0 aliphatic carbocycles. The molecule has 0 aliphatic rings. The molecule has 0 saturated heterocycles. The second kappa shape index (κ2) is 16.2. The van der Waals surface area contributed by atoms with Crippen molar-refractivity contribution >= 4 is 5.97 Å². The molecule has 1 aromatic rings. The summed E-state index contributed by atoms with van der Waals surface area (Å²) in [7, 11) is 0. The summed E-state index contributed by atoms with van der Waals surface area (Å²) in [6, 6.07) is 8.90. The summed E-state index contributed by atoms with van der Waals surface area (Å²) in [5, 5.41) is 9.86. The van der Waals surface area contributed by atoms with Crippen LogP contribution in [0.15, 0.2) is 30.3 Å². The zero-order valence-electron chi connectivity index (χ0n) is 17.8. The molecule has 1 atom stereocenters. The second-order valence-electron chi connectivity index (χ2n) is 6.55. The Bertz CT molecular complexity index is 523. The van der Waals surface area contributed by atoms with E-state index in [2.05, 4.69) is 6.92 Å². The molecular weight excluding hydrogens is 376 g/mol. The minimum Gasteiger partial charge on any atom is -0.476 e. The zero-order valence-corrected chi connectivity index (χ0v) is 17.8. The van der Waals surface area contributed by atoms with Gasteiger partial charge < -0.3 is 28.8 Å². The molecule has 1 unspecified atom stereocenters. The first kappa shape index (κ1) is 25.4. The molecule has 0 aliphatic heterocycles. The highest BCUT2D eigenvalue weighted by molar-refractivity contribution is 5.76. The van der Waals surface area contributed by atoms with Crippen LogP contribution < -0.4 is 4.74 Å². The number of ether oxygens (including phenoxy) is 5. The highest BCUT2D eigenvalue weighted by atomic mass is 16.7. The molecule has 1 aromatic carbocycles. The topological polar surface area (TPSA) is 83.5 Å². The average molecular weight is 413 g/mol. The summed E-state index contributed by atoms with van der Waals surface area (Å²) in [5.74, 6) is -2.38. The fourth-order valence-electron chi connectivity index (χ4n) is 2.68. The number of hydrogen-bond acceptors (Lipinski definition) is 6. The van der Waals surface area contributed by atoms with Crippen molar-refractivity contribution in [3.63, 3.8) is 0 Å². The molecule has 166 valence electrons. The predicted molar refractivity (Wildman–Crippen MR) is 110 cm³/mol. The van der Waals surface area contributed by atoms with E-state index in [1.807, 2.05) is 13.0 Å². The van der Waals surface area contributed by atoms with Gasteiger partial charge in [0.1, 0.15) is 5.75 Å². The van der Waals surface area contributed by atoms with Gasteiger partial charge in [-0.25, -0.2) is 4.79 Å². The number of aliphatic carboxylic acids is 1. The van der Waals surface area contributed by atoms with Gasteiger partial charge in [0, 0.05) is 13.0 Å². The fraction of sp³-hybridized carbons (Fsp3) is 0.682. The monoisotopic (exact) mass is 412 g/mol. The maximum atomic E-state index is 12.1. The summed E-state index contributed by atoms with van der Waals surface area (Å²) < 4.78 is 27.6. The molecular formula is C22H36O7. The van der Waals surface area contributed by atoms with E-state index in [9.17, 15) is 9.90 Å². The summed E-state index contributed by atoms with van der Waals surface area (Å²) in [6.07, 6.45) is 4.04. The molecule has 0 saturated carbocycles. The number of unbranched alkanes of at least 4 members (excludes halogenated alkanes) is 3. The van der Waals surface area contributed by atoms with Crippen LogP contribution in [-0.2, 0) is 23.7 Å². The largest absolute Gasteiger partial charge is 0.476 e. The fourth-order valence-corrected chi connectivity index (χ4v) is 2.68. The van der Waals surface area contributed by atoms with E-state index in [4.69, 9.17) is 23.7 Å². The van der Waals surface area contributed by atoms with E-state index >= 15 is 0 Å². The quantitative estimate of drug-likeness (QED) is 0.272. The summed E-state index contributed by atoms with van der Waals surface area (Å²) in [5.41, 5.74) is 0. The van der Waals surface area contributed by atoms with E-state index in [0.717, 1.165) is 19.3 Å². The van der Waals surface area contributed by atoms with Crippen molar-refractivity contribution in [2.75, 3.05) is 46.2 Å². The first-order chi connectivity index (χ1) is 14.1. The Morgan fingerprint density at radius 2 is 1.48 bits per heavy atom. The standard InChI is InChI=1S/C22H36O7/c1-3-5-6-10-13-22(21(23)24,29-20-11-8-7-9-12-20)28-19-18-27-17-16-26-15-14-25-4-2/h7-9,11-12H,3-6,10,13-19H2,1-2H3,(H,23,24). The molecule has 0 spiro atoms. The molecule has 0 heterocycles. The number of carboxylic acid groups (broad SMARTS) is 1. The lowest BCUT2D eigenvalue weighted by Gasteiger charge is -2.30. The van der Waals surface area contributed by atoms with Crippen molar-refractivity contribution in [2.45, 2.75) is 51.7 Å². The van der Waals surface area contributed by atoms with E-state index in [0.29, 0.717) is 45.2 Å². The number of para-hydroxylation sites is 1. The maximum absolute atomic E-state index is 12.1. The van der Waals surface area contributed by atoms with Crippen molar-refractivity contribution in [3.05, 3.63) is 30.3 Å². The Labute approximate surface area is 174 Å². The molecule has 0 bridgehead atoms. The summed E-state index contributed by atoms with van der Waals surface area (Å²) >= 11 is 0. The molecule has 0 amide bonds. The molecule has 0 aromatic heterocycles. The highest BCUT2D eigenvalue weighted by Gasteiger charge is 2.42. The third-order valence-corrected chi connectivity index (χ3v) is 4.22. The third-order valence-electron chi connectivity index (χ3n) is 4.22. The smallest absolute Gasteiger partial charge is 0.377 e. The first-order valence-electron chi connectivity index (χ1n) is 10.5. The van der Waals surface area contributed by atoms with Crippen LogP contribution in [0.1, 0.15) is 46.0 Å². The van der Waals surface area contributed by atoms with Crippen LogP contribution in [0.2, 0.25) is 0 Å². The lowest BCUT2D eigenvalue weighted by molar-refractivity contribution is -0.218. The minimum atomic E-state index is -1.72. The van der Waals surface area contributed by atoms with E-state index < -0.39 is 11.8 Å². The van der Waals surface area contributed by atoms with Gasteiger partial charge in [0.25, 0.3) is 0 Å². The van der Waals surface area contributed by atoms with Crippen LogP contribution in [0.5, 0.6) is 5.75 Å². The van der Waals surface area contributed by atoms with Gasteiger partial charge >= 0.3 is 11.8 Å². The SMILES string of the molecule is CCCCCCC(OCCOCCOCCOCC)(Oc1ccccc1)C(=O)O. The lowest BCUT2D eigenvalue weighted by Crippen LogP contribution is -2.48. The third kappa shape index (κ3) is 11.2. The molecule has 29 heavy (non-hydrogen) atoms. The maximum Gasteiger partial charge on any atom is 0.377 e. The van der Waals surface area contributed by atoms with Crippen LogP contribution >= 0.6 is 0 Å². The number of carboxylic acids is 1. The molecule has 0 radical (unpaired) electrons.